The van der Waals surface area contributed by atoms with Crippen molar-refractivity contribution in [2.45, 2.75) is 45.1 Å². The maximum Gasteiger partial charge on any atom is 0.243 e. The summed E-state index contributed by atoms with van der Waals surface area (Å²) in [5.74, 6) is -0.520. The fourth-order valence-corrected chi connectivity index (χ4v) is 5.62. The second-order valence-electron chi connectivity index (χ2n) is 8.08. The van der Waals surface area contributed by atoms with Crippen molar-refractivity contribution in [1.29, 1.82) is 0 Å². The summed E-state index contributed by atoms with van der Waals surface area (Å²) in [7, 11) is -3.67. The number of nitrogens with zero attached hydrogens (tertiary/aromatic N) is 1. The summed E-state index contributed by atoms with van der Waals surface area (Å²) >= 11 is 0. The predicted molar refractivity (Wildman–Crippen MR) is 110 cm³/mol. The Labute approximate surface area is 172 Å². The summed E-state index contributed by atoms with van der Waals surface area (Å²) in [4.78, 5) is 13.2. The molecule has 0 bridgehead atoms. The van der Waals surface area contributed by atoms with E-state index in [-0.39, 0.29) is 24.8 Å². The first-order valence-electron chi connectivity index (χ1n) is 9.72. The fraction of sp³-hybridized carbons (Fsp3) is 0.409. The Morgan fingerprint density at radius 2 is 1.86 bits per heavy atom. The standard InChI is InChI=1S/C22H27FN2O3S/c1-16-5-10-20(17(2)13-16)29(27,28)25-12-4-11-22(3,15-25)21(26)24-14-18-6-8-19(23)9-7-18/h5-10,13H,4,11-12,14-15H2,1-3H3,(H,24,26). The highest BCUT2D eigenvalue weighted by Crippen LogP contribution is 2.33. The first-order chi connectivity index (χ1) is 13.6. The molecule has 0 spiro atoms. The molecule has 1 aliphatic heterocycles. The molecule has 0 radical (unpaired) electrons. The highest BCUT2D eigenvalue weighted by molar-refractivity contribution is 7.89. The molecule has 0 aliphatic carbocycles. The van der Waals surface area contributed by atoms with Gasteiger partial charge in [-0.3, -0.25) is 4.79 Å². The first kappa shape index (κ1) is 21.5. The molecule has 1 aliphatic rings. The molecule has 29 heavy (non-hydrogen) atoms. The molecular formula is C22H27FN2O3S. The summed E-state index contributed by atoms with van der Waals surface area (Å²) in [5, 5.41) is 2.88. The number of sulfonamides is 1. The van der Waals surface area contributed by atoms with Crippen LogP contribution in [-0.4, -0.2) is 31.7 Å². The van der Waals surface area contributed by atoms with E-state index in [2.05, 4.69) is 5.32 Å². The van der Waals surface area contributed by atoms with Crippen LogP contribution in [0.1, 0.15) is 36.5 Å². The number of amides is 1. The Balaban J connectivity index is 1.74. The van der Waals surface area contributed by atoms with Gasteiger partial charge in [0.05, 0.1) is 10.3 Å². The van der Waals surface area contributed by atoms with Gasteiger partial charge in [0.15, 0.2) is 0 Å². The molecule has 5 nitrogen and oxygen atoms in total. The largest absolute Gasteiger partial charge is 0.352 e. The lowest BCUT2D eigenvalue weighted by Crippen LogP contribution is -2.51. The smallest absolute Gasteiger partial charge is 0.243 e. The molecule has 3 rings (SSSR count). The zero-order valence-corrected chi connectivity index (χ0v) is 17.9. The molecule has 1 atom stereocenters. The highest BCUT2D eigenvalue weighted by Gasteiger charge is 2.42. The summed E-state index contributed by atoms with van der Waals surface area (Å²) in [6.45, 7) is 6.33. The molecule has 156 valence electrons. The molecular weight excluding hydrogens is 391 g/mol. The number of halogens is 1. The Bertz CT molecular complexity index is 1010. The van der Waals surface area contributed by atoms with Gasteiger partial charge in [0.1, 0.15) is 5.82 Å². The van der Waals surface area contributed by atoms with Crippen molar-refractivity contribution >= 4 is 15.9 Å². The molecule has 0 aromatic heterocycles. The number of carbonyl (C=O) groups excluding carboxylic acids is 1. The minimum atomic E-state index is -3.67. The molecule has 2 aromatic rings. The van der Waals surface area contributed by atoms with E-state index in [0.29, 0.717) is 29.8 Å². The zero-order chi connectivity index (χ0) is 21.2. The third-order valence-electron chi connectivity index (χ3n) is 5.52. The average Bonchev–Trinajstić information content (AvgIpc) is 2.67. The van der Waals surface area contributed by atoms with Crippen molar-refractivity contribution in [3.8, 4) is 0 Å². The SMILES string of the molecule is Cc1ccc(S(=O)(=O)N2CCCC(C)(C(=O)NCc3ccc(F)cc3)C2)c(C)c1. The van der Waals surface area contributed by atoms with Gasteiger partial charge in [0, 0.05) is 19.6 Å². The third-order valence-corrected chi connectivity index (χ3v) is 7.53. The summed E-state index contributed by atoms with van der Waals surface area (Å²) in [5.41, 5.74) is 1.69. The Morgan fingerprint density at radius 3 is 2.52 bits per heavy atom. The van der Waals surface area contributed by atoms with E-state index in [4.69, 9.17) is 0 Å². The molecule has 1 N–H and O–H groups in total. The molecule has 1 saturated heterocycles. The van der Waals surface area contributed by atoms with Crippen LogP contribution in [0.4, 0.5) is 4.39 Å². The molecule has 7 heteroatoms. The van der Waals surface area contributed by atoms with Gasteiger partial charge in [-0.05, 0) is 62.9 Å². The van der Waals surface area contributed by atoms with Gasteiger partial charge in [0.2, 0.25) is 15.9 Å². The molecule has 0 saturated carbocycles. The minimum absolute atomic E-state index is 0.137. The van der Waals surface area contributed by atoms with Gasteiger partial charge in [-0.2, -0.15) is 4.31 Å². The van der Waals surface area contributed by atoms with Crippen LogP contribution < -0.4 is 5.32 Å². The number of rotatable bonds is 5. The quantitative estimate of drug-likeness (QED) is 0.808. The van der Waals surface area contributed by atoms with Gasteiger partial charge >= 0.3 is 0 Å². The predicted octanol–water partition coefficient (Wildman–Crippen LogP) is 3.55. The van der Waals surface area contributed by atoms with Crippen LogP contribution in [0.15, 0.2) is 47.4 Å². The maximum absolute atomic E-state index is 13.2. The van der Waals surface area contributed by atoms with Crippen molar-refractivity contribution in [2.24, 2.45) is 5.41 Å². The number of carbonyl (C=O) groups is 1. The number of nitrogens with one attached hydrogen (secondary N) is 1. The van der Waals surface area contributed by atoms with Crippen molar-refractivity contribution in [1.82, 2.24) is 9.62 Å². The van der Waals surface area contributed by atoms with E-state index < -0.39 is 15.4 Å². The third kappa shape index (κ3) is 4.67. The number of aryl methyl sites for hydroxylation is 2. The number of hydrogen-bond acceptors (Lipinski definition) is 3. The number of piperidine rings is 1. The Morgan fingerprint density at radius 1 is 1.17 bits per heavy atom. The first-order valence-corrected chi connectivity index (χ1v) is 11.2. The molecule has 1 amide bonds. The van der Waals surface area contributed by atoms with E-state index in [1.807, 2.05) is 13.0 Å². The van der Waals surface area contributed by atoms with Gasteiger partial charge in [-0.1, -0.05) is 29.8 Å². The van der Waals surface area contributed by atoms with E-state index in [1.54, 1.807) is 38.1 Å². The van der Waals surface area contributed by atoms with Gasteiger partial charge in [0.25, 0.3) is 0 Å². The van der Waals surface area contributed by atoms with Crippen molar-refractivity contribution in [3.63, 3.8) is 0 Å². The van der Waals surface area contributed by atoms with Gasteiger partial charge in [-0.25, -0.2) is 12.8 Å². The Kier molecular flexibility index (Phi) is 6.10. The minimum Gasteiger partial charge on any atom is -0.352 e. The van der Waals surface area contributed by atoms with Crippen LogP contribution in [0.3, 0.4) is 0 Å². The van der Waals surface area contributed by atoms with Crippen molar-refractivity contribution in [3.05, 3.63) is 65.0 Å². The molecule has 1 heterocycles. The Hall–Kier alpha value is -2.25. The van der Waals surface area contributed by atoms with Gasteiger partial charge in [-0.15, -0.1) is 0 Å². The van der Waals surface area contributed by atoms with Crippen LogP contribution in [-0.2, 0) is 21.4 Å². The lowest BCUT2D eigenvalue weighted by Gasteiger charge is -2.38. The van der Waals surface area contributed by atoms with Crippen LogP contribution in [0.5, 0.6) is 0 Å². The second-order valence-corrected chi connectivity index (χ2v) is 9.99. The van der Waals surface area contributed by atoms with Gasteiger partial charge < -0.3 is 5.32 Å². The lowest BCUT2D eigenvalue weighted by molar-refractivity contribution is -0.132. The topological polar surface area (TPSA) is 66.5 Å². The zero-order valence-electron chi connectivity index (χ0n) is 17.0. The van der Waals surface area contributed by atoms with Crippen LogP contribution >= 0.6 is 0 Å². The molecule has 2 aromatic carbocycles. The summed E-state index contributed by atoms with van der Waals surface area (Å²) < 4.78 is 40.9. The van der Waals surface area contributed by atoms with Crippen LogP contribution in [0.25, 0.3) is 0 Å². The normalized spacial score (nSPS) is 20.4. The monoisotopic (exact) mass is 418 g/mol. The van der Waals surface area contributed by atoms with E-state index in [9.17, 15) is 17.6 Å². The number of benzene rings is 2. The van der Waals surface area contributed by atoms with E-state index >= 15 is 0 Å². The molecule has 1 fully saturated rings. The lowest BCUT2D eigenvalue weighted by atomic mass is 9.82. The summed E-state index contributed by atoms with van der Waals surface area (Å²) in [6.07, 6.45) is 1.23. The summed E-state index contributed by atoms with van der Waals surface area (Å²) in [6, 6.07) is 11.2. The molecule has 1 unspecified atom stereocenters. The van der Waals surface area contributed by atoms with E-state index in [0.717, 1.165) is 11.1 Å². The second kappa shape index (κ2) is 8.24. The fourth-order valence-electron chi connectivity index (χ4n) is 3.81. The maximum atomic E-state index is 13.2. The van der Waals surface area contributed by atoms with Crippen molar-refractivity contribution < 1.29 is 17.6 Å². The number of hydrogen-bond donors (Lipinski definition) is 1. The van der Waals surface area contributed by atoms with Crippen LogP contribution in [0, 0.1) is 25.1 Å². The average molecular weight is 419 g/mol. The van der Waals surface area contributed by atoms with E-state index in [1.165, 1.54) is 16.4 Å². The van der Waals surface area contributed by atoms with Crippen LogP contribution in [0.2, 0.25) is 0 Å². The highest BCUT2D eigenvalue weighted by atomic mass is 32.2. The van der Waals surface area contributed by atoms with Crippen molar-refractivity contribution in [2.75, 3.05) is 13.1 Å².